The molecule has 0 radical (unpaired) electrons. The van der Waals surface area contributed by atoms with Crippen LogP contribution in [0, 0.1) is 10.8 Å². The van der Waals surface area contributed by atoms with Gasteiger partial charge in [0.2, 0.25) is 5.91 Å². The first-order chi connectivity index (χ1) is 8.97. The molecule has 0 saturated carbocycles. The monoisotopic (exact) mass is 265 g/mol. The number of β-amino-alcohol motifs (C(OH)–C–C–N with tert-alkyl or cyclic N) is 1. The van der Waals surface area contributed by atoms with Gasteiger partial charge in [-0.1, -0.05) is 6.58 Å². The smallest absolute Gasteiger partial charge is 0.226 e. The molecule has 5 nitrogen and oxygen atoms in total. The lowest BCUT2D eigenvalue weighted by Gasteiger charge is -2.38. The van der Waals surface area contributed by atoms with Crippen LogP contribution in [0.1, 0.15) is 26.2 Å². The van der Waals surface area contributed by atoms with Crippen LogP contribution in [0.4, 0.5) is 0 Å². The van der Waals surface area contributed by atoms with E-state index in [4.69, 9.17) is 5.41 Å². The normalized spacial score (nSPS) is 28.1. The van der Waals surface area contributed by atoms with Crippen molar-refractivity contribution in [1.29, 1.82) is 5.41 Å². The fraction of sp³-hybridized carbons (Fsp3) is 0.714. The highest BCUT2D eigenvalue weighted by atomic mass is 16.3. The maximum atomic E-state index is 12.0. The Hall–Kier alpha value is -1.20. The van der Waals surface area contributed by atoms with Gasteiger partial charge >= 0.3 is 0 Å². The highest BCUT2D eigenvalue weighted by molar-refractivity contribution is 5.85. The Bertz CT molecular complexity index is 386. The van der Waals surface area contributed by atoms with Crippen LogP contribution < -0.4 is 5.32 Å². The second-order valence-corrected chi connectivity index (χ2v) is 5.89. The van der Waals surface area contributed by atoms with E-state index in [0.29, 0.717) is 12.1 Å². The number of aliphatic hydroxyl groups excluding tert-OH is 1. The fourth-order valence-electron chi connectivity index (χ4n) is 3.16. The zero-order chi connectivity index (χ0) is 14.0. The molecule has 2 rings (SSSR count). The molecule has 3 N–H and O–H groups in total. The summed E-state index contributed by atoms with van der Waals surface area (Å²) >= 11 is 0. The maximum Gasteiger partial charge on any atom is 0.226 e. The van der Waals surface area contributed by atoms with Crippen LogP contribution in [-0.4, -0.2) is 53.9 Å². The van der Waals surface area contributed by atoms with Crippen molar-refractivity contribution >= 4 is 12.1 Å². The minimum atomic E-state index is -0.678. The van der Waals surface area contributed by atoms with E-state index in [9.17, 15) is 9.90 Å². The van der Waals surface area contributed by atoms with Crippen molar-refractivity contribution in [3.8, 4) is 0 Å². The summed E-state index contributed by atoms with van der Waals surface area (Å²) in [6.45, 7) is 7.85. The predicted molar refractivity (Wildman–Crippen MR) is 74.3 cm³/mol. The van der Waals surface area contributed by atoms with Gasteiger partial charge in [-0.2, -0.15) is 0 Å². The van der Waals surface area contributed by atoms with Crippen molar-refractivity contribution in [1.82, 2.24) is 10.2 Å². The van der Waals surface area contributed by atoms with Gasteiger partial charge in [-0.15, -0.1) is 0 Å². The number of nitrogens with zero attached hydrogens (tertiary/aromatic N) is 1. The van der Waals surface area contributed by atoms with Crippen LogP contribution in [0.5, 0.6) is 0 Å². The summed E-state index contributed by atoms with van der Waals surface area (Å²) in [5.41, 5.74) is 0.256. The van der Waals surface area contributed by atoms with Crippen LogP contribution in [-0.2, 0) is 4.79 Å². The quantitative estimate of drug-likeness (QED) is 0.649. The number of likely N-dealkylation sites (tertiary alicyclic amines) is 1. The molecule has 2 fully saturated rings. The van der Waals surface area contributed by atoms with Crippen LogP contribution in [0.25, 0.3) is 0 Å². The molecule has 0 aromatic heterocycles. The number of nitrogens with one attached hydrogen (secondary N) is 2. The summed E-state index contributed by atoms with van der Waals surface area (Å²) < 4.78 is 0. The van der Waals surface area contributed by atoms with Crippen LogP contribution >= 0.6 is 0 Å². The van der Waals surface area contributed by atoms with Gasteiger partial charge in [0.05, 0.1) is 11.5 Å². The van der Waals surface area contributed by atoms with Gasteiger partial charge in [0.25, 0.3) is 0 Å². The average molecular weight is 265 g/mol. The predicted octanol–water partition coefficient (Wildman–Crippen LogP) is 0.544. The molecule has 2 heterocycles. The van der Waals surface area contributed by atoms with Gasteiger partial charge in [-0.3, -0.25) is 4.79 Å². The summed E-state index contributed by atoms with van der Waals surface area (Å²) in [5, 5.41) is 19.9. The van der Waals surface area contributed by atoms with E-state index in [1.807, 2.05) is 0 Å². The van der Waals surface area contributed by atoms with E-state index >= 15 is 0 Å². The van der Waals surface area contributed by atoms with Gasteiger partial charge in [-0.25, -0.2) is 0 Å². The molecule has 2 saturated heterocycles. The molecule has 0 aliphatic carbocycles. The molecule has 106 valence electrons. The van der Waals surface area contributed by atoms with Crippen molar-refractivity contribution in [3.05, 3.63) is 12.2 Å². The number of rotatable bonds is 4. The van der Waals surface area contributed by atoms with Crippen molar-refractivity contribution in [2.75, 3.05) is 19.6 Å². The zero-order valence-electron chi connectivity index (χ0n) is 11.5. The van der Waals surface area contributed by atoms with Crippen LogP contribution in [0.15, 0.2) is 12.2 Å². The second-order valence-electron chi connectivity index (χ2n) is 5.89. The molecule has 0 bridgehead atoms. The fourth-order valence-corrected chi connectivity index (χ4v) is 3.16. The number of hydrogen-bond acceptors (Lipinski definition) is 4. The maximum absolute atomic E-state index is 12.0. The van der Waals surface area contributed by atoms with Crippen molar-refractivity contribution in [3.63, 3.8) is 0 Å². The Labute approximate surface area is 114 Å². The molecule has 2 aliphatic rings. The second kappa shape index (κ2) is 5.43. The first-order valence-corrected chi connectivity index (χ1v) is 6.87. The number of amides is 1. The molecule has 1 amide bonds. The summed E-state index contributed by atoms with van der Waals surface area (Å²) in [6.07, 6.45) is 3.06. The van der Waals surface area contributed by atoms with Gasteiger partial charge < -0.3 is 20.7 Å². The van der Waals surface area contributed by atoms with Gasteiger partial charge in [0, 0.05) is 18.8 Å². The Balaban J connectivity index is 1.87. The lowest BCUT2D eigenvalue weighted by molar-refractivity contribution is -0.130. The van der Waals surface area contributed by atoms with Crippen molar-refractivity contribution in [2.45, 2.75) is 38.3 Å². The molecule has 2 atom stereocenters. The van der Waals surface area contributed by atoms with E-state index < -0.39 is 6.10 Å². The van der Waals surface area contributed by atoms with E-state index in [2.05, 4.69) is 23.7 Å². The molecule has 2 aliphatic heterocycles. The Morgan fingerprint density at radius 3 is 2.79 bits per heavy atom. The van der Waals surface area contributed by atoms with E-state index in [1.165, 1.54) is 0 Å². The average Bonchev–Trinajstić information content (AvgIpc) is 2.66. The topological polar surface area (TPSA) is 76.4 Å². The molecule has 0 aromatic rings. The van der Waals surface area contributed by atoms with E-state index in [-0.39, 0.29) is 17.4 Å². The zero-order valence-corrected chi connectivity index (χ0v) is 11.5. The number of carbonyl (C=O) groups is 1. The molecular formula is C14H23N3O2. The summed E-state index contributed by atoms with van der Waals surface area (Å²) in [7, 11) is 0. The summed E-state index contributed by atoms with van der Waals surface area (Å²) in [6, 6.07) is 0.280. The van der Waals surface area contributed by atoms with E-state index in [0.717, 1.165) is 38.6 Å². The summed E-state index contributed by atoms with van der Waals surface area (Å²) in [4.78, 5) is 14.2. The number of carbonyl (C=O) groups excluding carboxylic acids is 1. The highest BCUT2D eigenvalue weighted by Crippen LogP contribution is 2.40. The van der Waals surface area contributed by atoms with Crippen molar-refractivity contribution < 1.29 is 9.90 Å². The van der Waals surface area contributed by atoms with Crippen LogP contribution in [0.3, 0.4) is 0 Å². The highest BCUT2D eigenvalue weighted by Gasteiger charge is 2.46. The Kier molecular flexibility index (Phi) is 4.06. The van der Waals surface area contributed by atoms with Crippen molar-refractivity contribution in [2.24, 2.45) is 5.41 Å². The molecule has 1 unspecified atom stereocenters. The van der Waals surface area contributed by atoms with Gasteiger partial charge in [0.1, 0.15) is 0 Å². The standard InChI is InChI=1S/C14H23N3O2/c1-10(8-15)12(18)9-17-5-3-14(4-6-17)7-11(2)16-13(14)19/h8,11-12,15,18H,1,3-7,9H2,2H3,(H,16,19)/t11?,12-/m1/s1. The number of hydrogen-bond donors (Lipinski definition) is 3. The SMILES string of the molecule is C=C(C=N)[C@H](O)CN1CCC2(CC1)CC(C)NC2=O. The number of piperidine rings is 1. The lowest BCUT2D eigenvalue weighted by atomic mass is 9.76. The lowest BCUT2D eigenvalue weighted by Crippen LogP contribution is -2.46. The minimum absolute atomic E-state index is 0.181. The third-order valence-corrected chi connectivity index (χ3v) is 4.41. The molecule has 5 heteroatoms. The largest absolute Gasteiger partial charge is 0.387 e. The first-order valence-electron chi connectivity index (χ1n) is 6.87. The Morgan fingerprint density at radius 2 is 2.32 bits per heavy atom. The Morgan fingerprint density at radius 1 is 1.68 bits per heavy atom. The third-order valence-electron chi connectivity index (χ3n) is 4.41. The van der Waals surface area contributed by atoms with Gasteiger partial charge in [-0.05, 0) is 44.8 Å². The van der Waals surface area contributed by atoms with E-state index in [1.54, 1.807) is 0 Å². The van der Waals surface area contributed by atoms with Gasteiger partial charge in [0.15, 0.2) is 0 Å². The molecule has 1 spiro atoms. The molecular weight excluding hydrogens is 242 g/mol. The van der Waals surface area contributed by atoms with Crippen LogP contribution in [0.2, 0.25) is 0 Å². The minimum Gasteiger partial charge on any atom is -0.387 e. The summed E-state index contributed by atoms with van der Waals surface area (Å²) in [5.74, 6) is 0.198. The number of aliphatic hydroxyl groups is 1. The third kappa shape index (κ3) is 2.87. The molecule has 19 heavy (non-hydrogen) atoms. The molecule has 0 aromatic carbocycles. The first kappa shape index (κ1) is 14.2.